The number of aromatic amines is 1. The van der Waals surface area contributed by atoms with Crippen molar-refractivity contribution in [2.75, 3.05) is 0 Å². The number of imidazole rings is 1. The number of rotatable bonds is 5. The van der Waals surface area contributed by atoms with Crippen molar-refractivity contribution in [3.8, 4) is 0 Å². The molecule has 2 unspecified atom stereocenters. The second-order valence-corrected chi connectivity index (χ2v) is 5.35. The van der Waals surface area contributed by atoms with Crippen molar-refractivity contribution >= 4 is 15.9 Å². The zero-order valence-corrected chi connectivity index (χ0v) is 12.5. The van der Waals surface area contributed by atoms with Gasteiger partial charge in [0.2, 0.25) is 0 Å². The van der Waals surface area contributed by atoms with Gasteiger partial charge in [-0.15, -0.1) is 0 Å². The fraction of sp³-hybridized carbons (Fsp3) is 0.357. The lowest BCUT2D eigenvalue weighted by Crippen LogP contribution is -2.25. The molecule has 0 radical (unpaired) electrons. The van der Waals surface area contributed by atoms with E-state index in [2.05, 4.69) is 45.1 Å². The third-order valence-corrected chi connectivity index (χ3v) is 3.76. The van der Waals surface area contributed by atoms with Crippen LogP contribution in [0.5, 0.6) is 0 Å². The van der Waals surface area contributed by atoms with E-state index in [1.54, 1.807) is 12.3 Å². The Hall–Kier alpha value is -1.20. The summed E-state index contributed by atoms with van der Waals surface area (Å²) in [4.78, 5) is 7.40. The van der Waals surface area contributed by atoms with Crippen LogP contribution in [0.3, 0.4) is 0 Å². The first-order chi connectivity index (χ1) is 9.11. The molecule has 0 aliphatic heterocycles. The summed E-state index contributed by atoms with van der Waals surface area (Å²) in [6, 6.07) is 5.36. The van der Waals surface area contributed by atoms with Gasteiger partial charge in [0.15, 0.2) is 0 Å². The molecule has 1 heterocycles. The van der Waals surface area contributed by atoms with Gasteiger partial charge in [0.1, 0.15) is 11.6 Å². The molecule has 0 aliphatic rings. The number of nitrogens with one attached hydrogen (secondary N) is 2. The minimum atomic E-state index is -0.242. The summed E-state index contributed by atoms with van der Waals surface area (Å²) in [6.45, 7) is 4.17. The van der Waals surface area contributed by atoms with Crippen LogP contribution in [0.4, 0.5) is 4.39 Å². The van der Waals surface area contributed by atoms with Crippen molar-refractivity contribution in [3.05, 3.63) is 52.3 Å². The molecule has 2 rings (SSSR count). The highest BCUT2D eigenvalue weighted by Gasteiger charge is 2.16. The van der Waals surface area contributed by atoms with Crippen LogP contribution >= 0.6 is 15.9 Å². The Balaban J connectivity index is 2.11. The SMILES string of the molecule is CCC(NC(C)c1ccc(F)c(Br)c1)c1ncc[nH]1. The normalized spacial score (nSPS) is 14.3. The molecule has 0 bridgehead atoms. The van der Waals surface area contributed by atoms with Gasteiger partial charge in [-0.05, 0) is 47.0 Å². The van der Waals surface area contributed by atoms with Crippen LogP contribution in [-0.4, -0.2) is 9.97 Å². The van der Waals surface area contributed by atoms with Gasteiger partial charge in [-0.1, -0.05) is 13.0 Å². The average molecular weight is 326 g/mol. The van der Waals surface area contributed by atoms with E-state index < -0.39 is 0 Å². The number of benzene rings is 1. The van der Waals surface area contributed by atoms with Gasteiger partial charge in [-0.2, -0.15) is 0 Å². The topological polar surface area (TPSA) is 40.7 Å². The van der Waals surface area contributed by atoms with E-state index in [1.165, 1.54) is 6.07 Å². The predicted molar refractivity (Wildman–Crippen MR) is 77.3 cm³/mol. The molecule has 2 N–H and O–H groups in total. The fourth-order valence-electron chi connectivity index (χ4n) is 2.04. The number of hydrogen-bond acceptors (Lipinski definition) is 2. The van der Waals surface area contributed by atoms with Crippen molar-refractivity contribution in [1.29, 1.82) is 0 Å². The summed E-state index contributed by atoms with van der Waals surface area (Å²) in [5.41, 5.74) is 1.04. The quantitative estimate of drug-likeness (QED) is 0.868. The monoisotopic (exact) mass is 325 g/mol. The largest absolute Gasteiger partial charge is 0.347 e. The smallest absolute Gasteiger partial charge is 0.137 e. The Labute approximate surface area is 120 Å². The van der Waals surface area contributed by atoms with Gasteiger partial charge in [-0.25, -0.2) is 9.37 Å². The molecule has 0 spiro atoms. The summed E-state index contributed by atoms with van der Waals surface area (Å²) in [5.74, 6) is 0.685. The second-order valence-electron chi connectivity index (χ2n) is 4.50. The Kier molecular flexibility index (Phi) is 4.71. The molecule has 0 aliphatic carbocycles. The third kappa shape index (κ3) is 3.42. The summed E-state index contributed by atoms with van der Waals surface area (Å²) in [7, 11) is 0. The molecule has 1 aromatic heterocycles. The van der Waals surface area contributed by atoms with Crippen molar-refractivity contribution in [2.45, 2.75) is 32.4 Å². The van der Waals surface area contributed by atoms with Crippen molar-refractivity contribution in [2.24, 2.45) is 0 Å². The molecule has 0 saturated carbocycles. The van der Waals surface area contributed by atoms with Gasteiger partial charge in [0.25, 0.3) is 0 Å². The minimum absolute atomic E-state index is 0.118. The maximum absolute atomic E-state index is 13.2. The van der Waals surface area contributed by atoms with Crippen LogP contribution in [-0.2, 0) is 0 Å². The molecule has 0 amide bonds. The maximum Gasteiger partial charge on any atom is 0.137 e. The number of nitrogens with zero attached hydrogens (tertiary/aromatic N) is 1. The van der Waals surface area contributed by atoms with E-state index in [9.17, 15) is 4.39 Å². The average Bonchev–Trinajstić information content (AvgIpc) is 2.92. The Bertz CT molecular complexity index is 527. The number of hydrogen-bond donors (Lipinski definition) is 2. The Morgan fingerprint density at radius 1 is 1.47 bits per heavy atom. The summed E-state index contributed by atoms with van der Waals surface area (Å²) in [5, 5.41) is 3.49. The second kappa shape index (κ2) is 6.30. The van der Waals surface area contributed by atoms with Gasteiger partial charge in [-0.3, -0.25) is 0 Å². The summed E-state index contributed by atoms with van der Waals surface area (Å²) in [6.07, 6.45) is 4.50. The van der Waals surface area contributed by atoms with Gasteiger partial charge in [0, 0.05) is 18.4 Å². The molecule has 2 atom stereocenters. The van der Waals surface area contributed by atoms with E-state index in [-0.39, 0.29) is 17.9 Å². The Morgan fingerprint density at radius 3 is 2.84 bits per heavy atom. The molecule has 2 aromatic rings. The van der Waals surface area contributed by atoms with Gasteiger partial charge in [0.05, 0.1) is 10.5 Å². The summed E-state index contributed by atoms with van der Waals surface area (Å²) < 4.78 is 13.7. The lowest BCUT2D eigenvalue weighted by molar-refractivity contribution is 0.440. The van der Waals surface area contributed by atoms with Gasteiger partial charge >= 0.3 is 0 Å². The maximum atomic E-state index is 13.2. The van der Waals surface area contributed by atoms with Crippen LogP contribution < -0.4 is 5.32 Å². The van der Waals surface area contributed by atoms with Crippen LogP contribution in [0, 0.1) is 5.82 Å². The fourth-order valence-corrected chi connectivity index (χ4v) is 2.43. The minimum Gasteiger partial charge on any atom is -0.347 e. The third-order valence-electron chi connectivity index (χ3n) is 3.15. The van der Waals surface area contributed by atoms with Crippen molar-refractivity contribution < 1.29 is 4.39 Å². The number of aromatic nitrogens is 2. The van der Waals surface area contributed by atoms with E-state index >= 15 is 0 Å². The lowest BCUT2D eigenvalue weighted by atomic mass is 10.1. The molecule has 102 valence electrons. The van der Waals surface area contributed by atoms with Crippen LogP contribution in [0.2, 0.25) is 0 Å². The molecular formula is C14H17BrFN3. The zero-order chi connectivity index (χ0) is 13.8. The van der Waals surface area contributed by atoms with Crippen LogP contribution in [0.25, 0.3) is 0 Å². The zero-order valence-electron chi connectivity index (χ0n) is 11.0. The number of H-pyrrole nitrogens is 1. The van der Waals surface area contributed by atoms with Gasteiger partial charge < -0.3 is 10.3 Å². The standard InChI is InChI=1S/C14H17BrFN3/c1-3-13(14-17-6-7-18-14)19-9(2)10-4-5-12(16)11(15)8-10/h4-9,13,19H,3H2,1-2H3,(H,17,18). The van der Waals surface area contributed by atoms with Crippen molar-refractivity contribution in [1.82, 2.24) is 15.3 Å². The van der Waals surface area contributed by atoms with E-state index in [0.717, 1.165) is 17.8 Å². The molecule has 5 heteroatoms. The highest BCUT2D eigenvalue weighted by Crippen LogP contribution is 2.24. The van der Waals surface area contributed by atoms with Crippen LogP contribution in [0.1, 0.15) is 43.7 Å². The van der Waals surface area contributed by atoms with E-state index in [4.69, 9.17) is 0 Å². The van der Waals surface area contributed by atoms with E-state index in [1.807, 2.05) is 12.3 Å². The van der Waals surface area contributed by atoms with E-state index in [0.29, 0.717) is 4.47 Å². The predicted octanol–water partition coefficient (Wildman–Crippen LogP) is 4.11. The van der Waals surface area contributed by atoms with Crippen LogP contribution in [0.15, 0.2) is 35.1 Å². The Morgan fingerprint density at radius 2 is 2.26 bits per heavy atom. The first-order valence-electron chi connectivity index (χ1n) is 6.32. The first kappa shape index (κ1) is 14.2. The molecule has 0 fully saturated rings. The highest BCUT2D eigenvalue weighted by atomic mass is 79.9. The first-order valence-corrected chi connectivity index (χ1v) is 7.11. The molecule has 3 nitrogen and oxygen atoms in total. The number of halogens is 2. The molecule has 0 saturated heterocycles. The summed E-state index contributed by atoms with van der Waals surface area (Å²) >= 11 is 3.22. The molecule has 19 heavy (non-hydrogen) atoms. The highest BCUT2D eigenvalue weighted by molar-refractivity contribution is 9.10. The van der Waals surface area contributed by atoms with Crippen molar-refractivity contribution in [3.63, 3.8) is 0 Å². The lowest BCUT2D eigenvalue weighted by Gasteiger charge is -2.21. The molecular weight excluding hydrogens is 309 g/mol. The molecule has 1 aromatic carbocycles.